The second kappa shape index (κ2) is 7.60. The van der Waals surface area contributed by atoms with Crippen LogP contribution in [0.3, 0.4) is 0 Å². The van der Waals surface area contributed by atoms with Gasteiger partial charge in [0.2, 0.25) is 0 Å². The molecule has 0 nitrogen and oxygen atoms in total. The third-order valence-electron chi connectivity index (χ3n) is 2.25. The van der Waals surface area contributed by atoms with E-state index in [4.69, 9.17) is 0 Å². The third-order valence-corrected chi connectivity index (χ3v) is 3.97. The molecule has 0 radical (unpaired) electrons. The molecule has 0 spiro atoms. The Balaban J connectivity index is 3.60. The summed E-state index contributed by atoms with van der Waals surface area (Å²) < 4.78 is 0. The maximum atomic E-state index is 3.84. The molecule has 0 amide bonds. The van der Waals surface area contributed by atoms with E-state index in [1.165, 1.54) is 25.0 Å². The normalized spacial score (nSPS) is 15.9. The van der Waals surface area contributed by atoms with Crippen molar-refractivity contribution in [3.8, 4) is 0 Å². The van der Waals surface area contributed by atoms with Crippen molar-refractivity contribution in [3.05, 3.63) is 12.7 Å². The van der Waals surface area contributed by atoms with Gasteiger partial charge in [0.25, 0.3) is 0 Å². The van der Waals surface area contributed by atoms with Crippen molar-refractivity contribution in [2.45, 2.75) is 33.1 Å². The van der Waals surface area contributed by atoms with E-state index in [2.05, 4.69) is 38.1 Å². The van der Waals surface area contributed by atoms with Crippen molar-refractivity contribution < 1.29 is 0 Å². The topological polar surface area (TPSA) is 0 Å². The molecule has 2 atom stereocenters. The summed E-state index contributed by atoms with van der Waals surface area (Å²) in [7, 11) is 0.543. The standard InChI is InChI=1S/C11H22S/c1-5-11(6-2)9-8-10-12(4)7-3/h5,10-11H,1,6-9H2,2-4H3. The zero-order valence-electron chi connectivity index (χ0n) is 8.68. The maximum absolute atomic E-state index is 3.84. The lowest BCUT2D eigenvalue weighted by molar-refractivity contribution is 0.592. The van der Waals surface area contributed by atoms with E-state index in [1.807, 2.05) is 0 Å². The zero-order valence-corrected chi connectivity index (χ0v) is 9.49. The first-order valence-corrected chi connectivity index (χ1v) is 6.68. The second-order valence-electron chi connectivity index (χ2n) is 3.13. The van der Waals surface area contributed by atoms with Crippen molar-refractivity contribution in [1.29, 1.82) is 0 Å². The fourth-order valence-electron chi connectivity index (χ4n) is 1.09. The quantitative estimate of drug-likeness (QED) is 0.438. The molecule has 2 unspecified atom stereocenters. The number of hydrogen-bond donors (Lipinski definition) is 0. The van der Waals surface area contributed by atoms with Gasteiger partial charge < -0.3 is 0 Å². The molecule has 12 heavy (non-hydrogen) atoms. The molecule has 0 aliphatic heterocycles. The monoisotopic (exact) mass is 186 g/mol. The molecule has 0 aliphatic carbocycles. The molecular weight excluding hydrogens is 164 g/mol. The van der Waals surface area contributed by atoms with Gasteiger partial charge in [-0.25, -0.2) is 0 Å². The van der Waals surface area contributed by atoms with Gasteiger partial charge in [0.15, 0.2) is 0 Å². The number of rotatable bonds is 6. The van der Waals surface area contributed by atoms with Crippen LogP contribution in [-0.2, 0) is 0 Å². The first kappa shape index (κ1) is 12.0. The Morgan fingerprint density at radius 1 is 1.42 bits per heavy atom. The summed E-state index contributed by atoms with van der Waals surface area (Å²) in [4.78, 5) is 0. The lowest BCUT2D eigenvalue weighted by Gasteiger charge is -2.07. The van der Waals surface area contributed by atoms with Crippen LogP contribution in [0.2, 0.25) is 0 Å². The Labute approximate surface area is 80.0 Å². The minimum atomic E-state index is 0.543. The van der Waals surface area contributed by atoms with Crippen LogP contribution in [0.15, 0.2) is 12.7 Å². The van der Waals surface area contributed by atoms with Gasteiger partial charge in [0, 0.05) is 0 Å². The Hall–Kier alpha value is -0.0400. The van der Waals surface area contributed by atoms with E-state index in [9.17, 15) is 0 Å². The molecule has 0 N–H and O–H groups in total. The predicted molar refractivity (Wildman–Crippen MR) is 63.3 cm³/mol. The summed E-state index contributed by atoms with van der Waals surface area (Å²) in [6.45, 7) is 8.33. The van der Waals surface area contributed by atoms with Crippen molar-refractivity contribution >= 4 is 15.9 Å². The van der Waals surface area contributed by atoms with Gasteiger partial charge in [-0.15, -0.1) is 6.58 Å². The number of allylic oxidation sites excluding steroid dienone is 1. The van der Waals surface area contributed by atoms with E-state index in [0.717, 1.165) is 5.92 Å². The Bertz CT molecular complexity index is 147. The highest BCUT2D eigenvalue weighted by atomic mass is 32.2. The maximum Gasteiger partial charge on any atom is -0.0151 e. The molecule has 0 rings (SSSR count). The molecule has 0 aromatic heterocycles. The minimum absolute atomic E-state index is 0.543. The third kappa shape index (κ3) is 5.59. The van der Waals surface area contributed by atoms with Crippen molar-refractivity contribution in [1.82, 2.24) is 0 Å². The number of hydrogen-bond acceptors (Lipinski definition) is 0. The molecule has 0 fully saturated rings. The van der Waals surface area contributed by atoms with Crippen LogP contribution in [0.1, 0.15) is 33.1 Å². The molecule has 1 heteroatoms. The average molecular weight is 186 g/mol. The summed E-state index contributed by atoms with van der Waals surface area (Å²) in [6, 6.07) is 0. The first-order valence-electron chi connectivity index (χ1n) is 4.81. The molecular formula is C11H22S. The Morgan fingerprint density at radius 2 is 2.08 bits per heavy atom. The molecule has 0 aliphatic rings. The molecule has 0 saturated heterocycles. The first-order chi connectivity index (χ1) is 5.74. The van der Waals surface area contributed by atoms with Crippen LogP contribution in [0, 0.1) is 5.92 Å². The Morgan fingerprint density at radius 3 is 2.50 bits per heavy atom. The van der Waals surface area contributed by atoms with Crippen LogP contribution >= 0.6 is 10.5 Å². The molecule has 72 valence electrons. The summed E-state index contributed by atoms with van der Waals surface area (Å²) in [5.74, 6) is 2.03. The predicted octanol–water partition coefficient (Wildman–Crippen LogP) is 3.70. The van der Waals surface area contributed by atoms with Gasteiger partial charge >= 0.3 is 0 Å². The van der Waals surface area contributed by atoms with Crippen LogP contribution < -0.4 is 0 Å². The molecule has 0 heterocycles. The molecule has 0 saturated carbocycles. The minimum Gasteiger partial charge on any atom is -0.193 e. The SMILES string of the molecule is C=CC(CC)CCC=S(C)CC. The van der Waals surface area contributed by atoms with E-state index in [1.54, 1.807) is 0 Å². The smallest absolute Gasteiger partial charge is 0.0151 e. The van der Waals surface area contributed by atoms with Gasteiger partial charge in [-0.1, -0.05) is 25.3 Å². The van der Waals surface area contributed by atoms with Gasteiger partial charge in [0.1, 0.15) is 0 Å². The highest BCUT2D eigenvalue weighted by Gasteiger charge is 1.98. The largest absolute Gasteiger partial charge is 0.193 e. The van der Waals surface area contributed by atoms with Gasteiger partial charge in [0.05, 0.1) is 0 Å². The molecule has 0 bridgehead atoms. The lowest BCUT2D eigenvalue weighted by atomic mass is 10.0. The summed E-state index contributed by atoms with van der Waals surface area (Å²) in [5, 5.41) is 2.46. The highest BCUT2D eigenvalue weighted by Crippen LogP contribution is 2.13. The molecule has 0 aromatic carbocycles. The fraction of sp³-hybridized carbons (Fsp3) is 0.727. The fourth-order valence-corrected chi connectivity index (χ4v) is 1.86. The summed E-state index contributed by atoms with van der Waals surface area (Å²) >= 11 is 0. The highest BCUT2D eigenvalue weighted by molar-refractivity contribution is 8.14. The van der Waals surface area contributed by atoms with Gasteiger partial charge in [-0.3, -0.25) is 0 Å². The van der Waals surface area contributed by atoms with Crippen LogP contribution in [0.4, 0.5) is 0 Å². The van der Waals surface area contributed by atoms with E-state index in [0.29, 0.717) is 10.5 Å². The van der Waals surface area contributed by atoms with Crippen LogP contribution in [0.25, 0.3) is 0 Å². The van der Waals surface area contributed by atoms with E-state index >= 15 is 0 Å². The van der Waals surface area contributed by atoms with Crippen molar-refractivity contribution in [2.75, 3.05) is 12.0 Å². The van der Waals surface area contributed by atoms with Crippen LogP contribution in [-0.4, -0.2) is 17.4 Å². The zero-order chi connectivity index (χ0) is 9.40. The van der Waals surface area contributed by atoms with Crippen molar-refractivity contribution in [3.63, 3.8) is 0 Å². The van der Waals surface area contributed by atoms with E-state index < -0.39 is 0 Å². The summed E-state index contributed by atoms with van der Waals surface area (Å²) in [5.41, 5.74) is 0. The Kier molecular flexibility index (Phi) is 7.58. The lowest BCUT2D eigenvalue weighted by Crippen LogP contribution is -1.94. The average Bonchev–Trinajstić information content (AvgIpc) is 2.12. The molecule has 0 aromatic rings. The van der Waals surface area contributed by atoms with Gasteiger partial charge in [-0.2, -0.15) is 10.5 Å². The van der Waals surface area contributed by atoms with Crippen molar-refractivity contribution in [2.24, 2.45) is 5.92 Å². The van der Waals surface area contributed by atoms with Crippen LogP contribution in [0.5, 0.6) is 0 Å². The second-order valence-corrected chi connectivity index (χ2v) is 5.42. The summed E-state index contributed by atoms with van der Waals surface area (Å²) in [6.07, 6.45) is 8.19. The van der Waals surface area contributed by atoms with E-state index in [-0.39, 0.29) is 0 Å². The van der Waals surface area contributed by atoms with Gasteiger partial charge in [-0.05, 0) is 37.2 Å².